The Labute approximate surface area is 143 Å². The standard InChI is InChI=1S/C18H18O7/c1-3-9(2)18(22)25-11-4-12-14(23-8-11)6-15-16(17(12)21)13(20)5-10(7-19)24-15/h3,5-6,11,19,21H,4,7-8H2,1-2H3/b9-3+/t11-/m0/s1. The summed E-state index contributed by atoms with van der Waals surface area (Å²) in [7, 11) is 0. The van der Waals surface area contributed by atoms with Crippen LogP contribution in [0.15, 0.2) is 33.0 Å². The first-order chi connectivity index (χ1) is 11.9. The number of rotatable bonds is 3. The van der Waals surface area contributed by atoms with E-state index in [0.29, 0.717) is 16.9 Å². The van der Waals surface area contributed by atoms with Crippen LogP contribution in [-0.4, -0.2) is 28.9 Å². The van der Waals surface area contributed by atoms with E-state index < -0.39 is 24.1 Å². The van der Waals surface area contributed by atoms with Gasteiger partial charge in [0.15, 0.2) is 5.43 Å². The quantitative estimate of drug-likeness (QED) is 0.645. The first-order valence-electron chi connectivity index (χ1n) is 7.83. The molecule has 0 aliphatic carbocycles. The van der Waals surface area contributed by atoms with Crippen LogP contribution >= 0.6 is 0 Å². The van der Waals surface area contributed by atoms with E-state index in [9.17, 15) is 14.7 Å². The van der Waals surface area contributed by atoms with Crippen LogP contribution < -0.4 is 10.2 Å². The molecule has 132 valence electrons. The van der Waals surface area contributed by atoms with E-state index in [2.05, 4.69) is 0 Å². The molecule has 0 spiro atoms. The molecule has 0 saturated carbocycles. The number of ether oxygens (including phenoxy) is 2. The molecule has 0 bridgehead atoms. The smallest absolute Gasteiger partial charge is 0.333 e. The Balaban J connectivity index is 1.99. The maximum atomic E-state index is 12.2. The molecule has 3 rings (SSSR count). The topological polar surface area (TPSA) is 106 Å². The molecule has 2 heterocycles. The van der Waals surface area contributed by atoms with E-state index in [1.807, 2.05) is 0 Å². The number of aromatic hydroxyl groups is 1. The molecule has 25 heavy (non-hydrogen) atoms. The van der Waals surface area contributed by atoms with Crippen molar-refractivity contribution in [2.45, 2.75) is 33.0 Å². The number of aliphatic hydroxyl groups is 1. The molecule has 1 aliphatic rings. The van der Waals surface area contributed by atoms with Gasteiger partial charge in [-0.2, -0.15) is 0 Å². The van der Waals surface area contributed by atoms with Gasteiger partial charge in [0.25, 0.3) is 0 Å². The Bertz CT molecular complexity index is 923. The molecule has 1 aromatic heterocycles. The maximum Gasteiger partial charge on any atom is 0.333 e. The summed E-state index contributed by atoms with van der Waals surface area (Å²) < 4.78 is 16.3. The molecule has 0 amide bonds. The second-order valence-corrected chi connectivity index (χ2v) is 5.82. The lowest BCUT2D eigenvalue weighted by molar-refractivity contribution is -0.146. The summed E-state index contributed by atoms with van der Waals surface area (Å²) in [5, 5.41) is 19.6. The van der Waals surface area contributed by atoms with Crippen LogP contribution in [0.3, 0.4) is 0 Å². The van der Waals surface area contributed by atoms with E-state index in [1.54, 1.807) is 19.9 Å². The van der Waals surface area contributed by atoms with Gasteiger partial charge in [-0.25, -0.2) is 4.79 Å². The lowest BCUT2D eigenvalue weighted by atomic mass is 10.00. The Hall–Kier alpha value is -2.80. The minimum atomic E-state index is -0.568. The van der Waals surface area contributed by atoms with Gasteiger partial charge in [-0.1, -0.05) is 6.08 Å². The van der Waals surface area contributed by atoms with Crippen molar-refractivity contribution >= 4 is 16.9 Å². The van der Waals surface area contributed by atoms with Crippen molar-refractivity contribution in [2.24, 2.45) is 0 Å². The molecule has 0 saturated heterocycles. The van der Waals surface area contributed by atoms with Gasteiger partial charge in [0.05, 0.1) is 0 Å². The zero-order chi connectivity index (χ0) is 18.1. The predicted molar refractivity (Wildman–Crippen MR) is 88.6 cm³/mol. The van der Waals surface area contributed by atoms with Crippen molar-refractivity contribution in [2.75, 3.05) is 6.61 Å². The first-order valence-corrected chi connectivity index (χ1v) is 7.83. The average molecular weight is 346 g/mol. The van der Waals surface area contributed by atoms with Gasteiger partial charge >= 0.3 is 5.97 Å². The van der Waals surface area contributed by atoms with E-state index in [1.165, 1.54) is 6.07 Å². The van der Waals surface area contributed by atoms with E-state index in [4.69, 9.17) is 19.0 Å². The normalized spacial score (nSPS) is 17.1. The number of allylic oxidation sites excluding steroid dienone is 1. The number of hydrogen-bond donors (Lipinski definition) is 2. The van der Waals surface area contributed by atoms with E-state index in [-0.39, 0.29) is 35.5 Å². The number of phenols is 1. The Kier molecular flexibility index (Phi) is 4.50. The summed E-state index contributed by atoms with van der Waals surface area (Å²) >= 11 is 0. The molecule has 2 aromatic rings. The predicted octanol–water partition coefficient (Wildman–Crippen LogP) is 1.80. The fraction of sp³-hybridized carbons (Fsp3) is 0.333. The summed E-state index contributed by atoms with van der Waals surface area (Å²) in [5.41, 5.74) is 0.534. The average Bonchev–Trinajstić information content (AvgIpc) is 2.60. The number of carbonyl (C=O) groups is 1. The molecule has 0 unspecified atom stereocenters. The highest BCUT2D eigenvalue weighted by Crippen LogP contribution is 2.38. The fourth-order valence-electron chi connectivity index (χ4n) is 2.68. The highest BCUT2D eigenvalue weighted by molar-refractivity contribution is 5.88. The highest BCUT2D eigenvalue weighted by atomic mass is 16.6. The lowest BCUT2D eigenvalue weighted by Gasteiger charge is -2.26. The molecule has 7 nitrogen and oxygen atoms in total. The van der Waals surface area contributed by atoms with Crippen molar-refractivity contribution in [3.05, 3.63) is 45.3 Å². The Morgan fingerprint density at radius 3 is 2.88 bits per heavy atom. The third-order valence-corrected chi connectivity index (χ3v) is 4.15. The fourth-order valence-corrected chi connectivity index (χ4v) is 2.68. The van der Waals surface area contributed by atoms with Gasteiger partial charge in [-0.3, -0.25) is 4.79 Å². The van der Waals surface area contributed by atoms with Gasteiger partial charge in [-0.05, 0) is 13.8 Å². The third kappa shape index (κ3) is 3.10. The molecule has 1 aliphatic heterocycles. The number of carbonyl (C=O) groups excluding carboxylic acids is 1. The molecule has 0 fully saturated rings. The van der Waals surface area contributed by atoms with Gasteiger partial charge in [0.1, 0.15) is 47.5 Å². The molecule has 2 N–H and O–H groups in total. The van der Waals surface area contributed by atoms with E-state index >= 15 is 0 Å². The van der Waals surface area contributed by atoms with Crippen molar-refractivity contribution in [1.82, 2.24) is 0 Å². The van der Waals surface area contributed by atoms with Gasteiger partial charge < -0.3 is 24.1 Å². The summed E-state index contributed by atoms with van der Waals surface area (Å²) in [4.78, 5) is 24.1. The second-order valence-electron chi connectivity index (χ2n) is 5.82. The number of phenolic OH excluding ortho intramolecular Hbond substituents is 1. The second kappa shape index (κ2) is 6.60. The summed E-state index contributed by atoms with van der Waals surface area (Å²) in [6, 6.07) is 2.63. The summed E-state index contributed by atoms with van der Waals surface area (Å²) in [6.45, 7) is 3.09. The van der Waals surface area contributed by atoms with Crippen molar-refractivity contribution in [3.63, 3.8) is 0 Å². The summed E-state index contributed by atoms with van der Waals surface area (Å²) in [5.74, 6) is -0.249. The van der Waals surface area contributed by atoms with Crippen molar-refractivity contribution in [3.8, 4) is 11.5 Å². The molecule has 1 atom stereocenters. The van der Waals surface area contributed by atoms with Crippen molar-refractivity contribution < 1.29 is 28.9 Å². The largest absolute Gasteiger partial charge is 0.507 e. The molecule has 7 heteroatoms. The van der Waals surface area contributed by atoms with Crippen LogP contribution in [0.1, 0.15) is 25.2 Å². The number of aliphatic hydroxyl groups excluding tert-OH is 1. The SMILES string of the molecule is C/C=C(\C)C(=O)O[C@@H]1COc2cc3oc(CO)cc(=O)c3c(O)c2C1. The zero-order valence-corrected chi connectivity index (χ0v) is 13.9. The number of esters is 1. The van der Waals surface area contributed by atoms with Crippen LogP contribution in [-0.2, 0) is 22.6 Å². The van der Waals surface area contributed by atoms with Gasteiger partial charge in [0, 0.05) is 29.7 Å². The zero-order valence-electron chi connectivity index (χ0n) is 13.9. The molecular weight excluding hydrogens is 328 g/mol. The van der Waals surface area contributed by atoms with Crippen LogP contribution in [0.2, 0.25) is 0 Å². The van der Waals surface area contributed by atoms with Gasteiger partial charge in [0.2, 0.25) is 0 Å². The minimum Gasteiger partial charge on any atom is -0.507 e. The molecule has 0 radical (unpaired) electrons. The minimum absolute atomic E-state index is 0.0103. The van der Waals surface area contributed by atoms with Crippen LogP contribution in [0.5, 0.6) is 11.5 Å². The van der Waals surface area contributed by atoms with Crippen LogP contribution in [0.4, 0.5) is 0 Å². The number of hydrogen-bond acceptors (Lipinski definition) is 7. The van der Waals surface area contributed by atoms with Crippen LogP contribution in [0.25, 0.3) is 11.0 Å². The van der Waals surface area contributed by atoms with Gasteiger partial charge in [-0.15, -0.1) is 0 Å². The highest BCUT2D eigenvalue weighted by Gasteiger charge is 2.28. The Morgan fingerprint density at radius 2 is 2.20 bits per heavy atom. The number of benzene rings is 1. The summed E-state index contributed by atoms with van der Waals surface area (Å²) in [6.07, 6.45) is 1.30. The lowest BCUT2D eigenvalue weighted by Crippen LogP contribution is -2.31. The molecular formula is C18H18O7. The monoisotopic (exact) mass is 346 g/mol. The Morgan fingerprint density at radius 1 is 1.44 bits per heavy atom. The first kappa shape index (κ1) is 17.0. The van der Waals surface area contributed by atoms with E-state index in [0.717, 1.165) is 6.07 Å². The number of fused-ring (bicyclic) bond motifs is 2. The van der Waals surface area contributed by atoms with Crippen molar-refractivity contribution in [1.29, 1.82) is 0 Å². The third-order valence-electron chi connectivity index (χ3n) is 4.15. The molecule has 1 aromatic carbocycles. The van der Waals surface area contributed by atoms with Crippen LogP contribution in [0, 0.1) is 0 Å². The maximum absolute atomic E-state index is 12.2.